The van der Waals surface area contributed by atoms with Crippen molar-refractivity contribution in [2.45, 2.75) is 4.90 Å². The van der Waals surface area contributed by atoms with Gasteiger partial charge < -0.3 is 5.73 Å². The fraction of sp³-hybridized carbons (Fsp3) is 0.125. The predicted molar refractivity (Wildman–Crippen MR) is 55.9 cm³/mol. The zero-order valence-electron chi connectivity index (χ0n) is 7.99. The van der Waals surface area contributed by atoms with Gasteiger partial charge in [0.1, 0.15) is 17.0 Å². The highest BCUT2D eigenvalue weighted by molar-refractivity contribution is 7.84. The summed E-state index contributed by atoms with van der Waals surface area (Å²) in [5.74, 6) is 0.671. The smallest absolute Gasteiger partial charge is 0.174 e. The van der Waals surface area contributed by atoms with Crippen LogP contribution in [-0.4, -0.2) is 30.2 Å². The Labute approximate surface area is 88.6 Å². The number of nitrogen functional groups attached to an aromatic ring is 1. The van der Waals surface area contributed by atoms with Crippen LogP contribution in [0.4, 0.5) is 5.82 Å². The second kappa shape index (κ2) is 3.77. The van der Waals surface area contributed by atoms with Gasteiger partial charge in [0.05, 0.1) is 10.8 Å². The Hall–Kier alpha value is -1.76. The topological polar surface area (TPSA) is 86.7 Å². The predicted octanol–water partition coefficient (Wildman–Crippen LogP) is -0.0181. The highest BCUT2D eigenvalue weighted by atomic mass is 32.2. The van der Waals surface area contributed by atoms with Crippen molar-refractivity contribution in [3.05, 3.63) is 24.8 Å². The molecule has 0 aliphatic rings. The lowest BCUT2D eigenvalue weighted by Gasteiger charge is -2.07. The van der Waals surface area contributed by atoms with Crippen molar-refractivity contribution in [1.82, 2.24) is 19.7 Å². The van der Waals surface area contributed by atoms with Crippen LogP contribution >= 0.6 is 0 Å². The molecular formula is C8H9N5OS. The Balaban J connectivity index is 2.66. The highest BCUT2D eigenvalue weighted by Crippen LogP contribution is 2.18. The van der Waals surface area contributed by atoms with Crippen molar-refractivity contribution in [1.29, 1.82) is 0 Å². The number of hydrogen-bond donors (Lipinski definition) is 1. The molecule has 1 atom stereocenters. The minimum absolute atomic E-state index is 0.219. The molecule has 2 heterocycles. The van der Waals surface area contributed by atoms with Crippen LogP contribution in [0.15, 0.2) is 29.7 Å². The number of anilines is 1. The summed E-state index contributed by atoms with van der Waals surface area (Å²) < 4.78 is 13.0. The van der Waals surface area contributed by atoms with Crippen molar-refractivity contribution < 1.29 is 4.21 Å². The molecule has 0 spiro atoms. The standard InChI is InChI=1S/C8H9N5OS/c1-15(14)6-7(9)10-5-11-8(6)13-4-2-3-12-13/h2-5H,1H3,(H2,9,10,11). The van der Waals surface area contributed by atoms with Gasteiger partial charge in [0, 0.05) is 18.6 Å². The summed E-state index contributed by atoms with van der Waals surface area (Å²) in [4.78, 5) is 8.23. The van der Waals surface area contributed by atoms with Gasteiger partial charge in [0.15, 0.2) is 5.82 Å². The van der Waals surface area contributed by atoms with Crippen LogP contribution in [0.25, 0.3) is 5.82 Å². The van der Waals surface area contributed by atoms with Gasteiger partial charge in [0.2, 0.25) is 0 Å². The molecule has 78 valence electrons. The number of aromatic nitrogens is 4. The quantitative estimate of drug-likeness (QED) is 0.773. The third-order valence-corrected chi connectivity index (χ3v) is 2.79. The molecule has 0 amide bonds. The minimum Gasteiger partial charge on any atom is -0.383 e. The molecule has 0 saturated carbocycles. The highest BCUT2D eigenvalue weighted by Gasteiger charge is 2.14. The van der Waals surface area contributed by atoms with Crippen LogP contribution in [-0.2, 0) is 10.8 Å². The molecule has 2 aromatic rings. The first-order valence-corrected chi connectivity index (χ1v) is 5.70. The average Bonchev–Trinajstić information content (AvgIpc) is 2.69. The van der Waals surface area contributed by atoms with Gasteiger partial charge in [-0.25, -0.2) is 14.6 Å². The summed E-state index contributed by atoms with van der Waals surface area (Å²) in [6.07, 6.45) is 6.17. The van der Waals surface area contributed by atoms with Crippen molar-refractivity contribution in [2.24, 2.45) is 0 Å². The normalized spacial score (nSPS) is 12.6. The molecule has 0 fully saturated rings. The molecule has 7 heteroatoms. The molecule has 0 saturated heterocycles. The lowest BCUT2D eigenvalue weighted by molar-refractivity contribution is 0.684. The van der Waals surface area contributed by atoms with E-state index in [0.717, 1.165) is 0 Å². The molecule has 2 N–H and O–H groups in total. The number of rotatable bonds is 2. The van der Waals surface area contributed by atoms with Crippen LogP contribution in [0.2, 0.25) is 0 Å². The SMILES string of the molecule is CS(=O)c1c(N)ncnc1-n1cccn1. The van der Waals surface area contributed by atoms with Crippen LogP contribution < -0.4 is 5.73 Å². The minimum atomic E-state index is -1.25. The maximum absolute atomic E-state index is 11.5. The zero-order chi connectivity index (χ0) is 10.8. The van der Waals surface area contributed by atoms with E-state index in [1.54, 1.807) is 18.5 Å². The van der Waals surface area contributed by atoms with Crippen molar-refractivity contribution in [3.8, 4) is 5.82 Å². The van der Waals surface area contributed by atoms with E-state index in [1.807, 2.05) is 0 Å². The Bertz CT molecular complexity index is 496. The second-order valence-electron chi connectivity index (χ2n) is 2.82. The van der Waals surface area contributed by atoms with Crippen molar-refractivity contribution in [2.75, 3.05) is 12.0 Å². The van der Waals surface area contributed by atoms with E-state index in [2.05, 4.69) is 15.1 Å². The fourth-order valence-corrected chi connectivity index (χ4v) is 1.96. The summed E-state index contributed by atoms with van der Waals surface area (Å²) in [7, 11) is -1.25. The monoisotopic (exact) mass is 223 g/mol. The van der Waals surface area contributed by atoms with Gasteiger partial charge in [-0.15, -0.1) is 0 Å². The first-order valence-electron chi connectivity index (χ1n) is 4.14. The Kier molecular flexibility index (Phi) is 2.46. The van der Waals surface area contributed by atoms with E-state index in [4.69, 9.17) is 5.73 Å². The number of hydrogen-bond acceptors (Lipinski definition) is 5. The van der Waals surface area contributed by atoms with Crippen LogP contribution in [0.3, 0.4) is 0 Å². The van der Waals surface area contributed by atoms with Gasteiger partial charge in [-0.05, 0) is 6.07 Å². The fourth-order valence-electron chi connectivity index (χ4n) is 1.21. The van der Waals surface area contributed by atoms with Gasteiger partial charge in [-0.1, -0.05) is 0 Å². The van der Waals surface area contributed by atoms with E-state index >= 15 is 0 Å². The first kappa shape index (κ1) is 9.78. The molecular weight excluding hydrogens is 214 g/mol. The summed E-state index contributed by atoms with van der Waals surface area (Å²) >= 11 is 0. The third kappa shape index (κ3) is 1.73. The van der Waals surface area contributed by atoms with Gasteiger partial charge in [-0.2, -0.15) is 5.10 Å². The average molecular weight is 223 g/mol. The number of nitrogens with two attached hydrogens (primary N) is 1. The van der Waals surface area contributed by atoms with Gasteiger partial charge in [0.25, 0.3) is 0 Å². The summed E-state index contributed by atoms with van der Waals surface area (Å²) in [6.45, 7) is 0. The summed E-state index contributed by atoms with van der Waals surface area (Å²) in [5.41, 5.74) is 5.64. The Morgan fingerprint density at radius 2 is 2.27 bits per heavy atom. The van der Waals surface area contributed by atoms with Gasteiger partial charge >= 0.3 is 0 Å². The number of nitrogens with zero attached hydrogens (tertiary/aromatic N) is 4. The Morgan fingerprint density at radius 1 is 1.47 bits per heavy atom. The maximum atomic E-state index is 11.5. The zero-order valence-corrected chi connectivity index (χ0v) is 8.81. The van der Waals surface area contributed by atoms with E-state index < -0.39 is 10.8 Å². The molecule has 1 unspecified atom stereocenters. The van der Waals surface area contributed by atoms with Crippen LogP contribution in [0.1, 0.15) is 0 Å². The lowest BCUT2D eigenvalue weighted by Crippen LogP contribution is -2.09. The second-order valence-corrected chi connectivity index (χ2v) is 4.13. The molecule has 0 bridgehead atoms. The van der Waals surface area contributed by atoms with Crippen molar-refractivity contribution >= 4 is 16.6 Å². The van der Waals surface area contributed by atoms with Crippen LogP contribution in [0.5, 0.6) is 0 Å². The van der Waals surface area contributed by atoms with E-state index in [0.29, 0.717) is 10.7 Å². The molecule has 2 aromatic heterocycles. The van der Waals surface area contributed by atoms with E-state index in [-0.39, 0.29) is 5.82 Å². The molecule has 0 aromatic carbocycles. The lowest BCUT2D eigenvalue weighted by atomic mass is 10.5. The largest absolute Gasteiger partial charge is 0.383 e. The summed E-state index contributed by atoms with van der Waals surface area (Å²) in [6, 6.07) is 1.75. The van der Waals surface area contributed by atoms with E-state index in [9.17, 15) is 4.21 Å². The summed E-state index contributed by atoms with van der Waals surface area (Å²) in [5, 5.41) is 4.01. The maximum Gasteiger partial charge on any atom is 0.174 e. The molecule has 2 rings (SSSR count). The Morgan fingerprint density at radius 3 is 2.87 bits per heavy atom. The molecule has 0 aliphatic carbocycles. The molecule has 15 heavy (non-hydrogen) atoms. The van der Waals surface area contributed by atoms with Gasteiger partial charge in [-0.3, -0.25) is 4.21 Å². The van der Waals surface area contributed by atoms with Crippen molar-refractivity contribution in [3.63, 3.8) is 0 Å². The molecule has 0 radical (unpaired) electrons. The third-order valence-electron chi connectivity index (χ3n) is 1.82. The van der Waals surface area contributed by atoms with Crippen LogP contribution in [0, 0.1) is 0 Å². The first-order chi connectivity index (χ1) is 7.20. The van der Waals surface area contributed by atoms with E-state index in [1.165, 1.54) is 17.3 Å². The molecule has 6 nitrogen and oxygen atoms in total. The molecule has 0 aliphatic heterocycles.